The van der Waals surface area contributed by atoms with Gasteiger partial charge in [0.15, 0.2) is 5.82 Å². The molecule has 1 saturated heterocycles. The van der Waals surface area contributed by atoms with Crippen LogP contribution in [0.5, 0.6) is 0 Å². The Kier molecular flexibility index (Phi) is 4.72. The third kappa shape index (κ3) is 3.61. The highest BCUT2D eigenvalue weighted by Crippen LogP contribution is 2.40. The molecule has 0 amide bonds. The Morgan fingerprint density at radius 2 is 1.86 bits per heavy atom. The van der Waals surface area contributed by atoms with Gasteiger partial charge in [0.05, 0.1) is 6.20 Å². The zero-order valence-corrected chi connectivity index (χ0v) is 16.5. The predicted octanol–water partition coefficient (Wildman–Crippen LogP) is 2.45. The second kappa shape index (κ2) is 7.50. The van der Waals surface area contributed by atoms with E-state index < -0.39 is 0 Å². The van der Waals surface area contributed by atoms with E-state index in [1.807, 2.05) is 34.0 Å². The number of aromatic nitrogens is 7. The van der Waals surface area contributed by atoms with E-state index in [2.05, 4.69) is 43.0 Å². The van der Waals surface area contributed by atoms with Crippen molar-refractivity contribution in [2.75, 3.05) is 13.1 Å². The van der Waals surface area contributed by atoms with E-state index in [4.69, 9.17) is 0 Å². The highest BCUT2D eigenvalue weighted by Gasteiger charge is 2.33. The van der Waals surface area contributed by atoms with Gasteiger partial charge in [-0.15, -0.1) is 10.2 Å². The molecule has 0 unspecified atom stereocenters. The van der Waals surface area contributed by atoms with Gasteiger partial charge in [-0.05, 0) is 51.8 Å². The van der Waals surface area contributed by atoms with Gasteiger partial charge >= 0.3 is 0 Å². The van der Waals surface area contributed by atoms with Crippen molar-refractivity contribution in [3.8, 4) is 0 Å². The van der Waals surface area contributed by atoms with Crippen molar-refractivity contribution in [3.63, 3.8) is 0 Å². The smallest absolute Gasteiger partial charge is 0.155 e. The van der Waals surface area contributed by atoms with Gasteiger partial charge in [0, 0.05) is 49.2 Å². The van der Waals surface area contributed by atoms with Crippen LogP contribution in [0.15, 0.2) is 30.9 Å². The van der Waals surface area contributed by atoms with Crippen molar-refractivity contribution in [3.05, 3.63) is 48.1 Å². The minimum atomic E-state index is 0.508. The van der Waals surface area contributed by atoms with Gasteiger partial charge in [0.2, 0.25) is 0 Å². The largest absolute Gasteiger partial charge is 0.310 e. The summed E-state index contributed by atoms with van der Waals surface area (Å²) in [6.45, 7) is 6.96. The molecule has 0 bridgehead atoms. The molecule has 1 saturated carbocycles. The normalized spacial score (nSPS) is 18.8. The molecule has 2 fully saturated rings. The molecule has 0 radical (unpaired) electrons. The van der Waals surface area contributed by atoms with Crippen LogP contribution in [0.3, 0.4) is 0 Å². The average molecular weight is 381 g/mol. The second-order valence-electron chi connectivity index (χ2n) is 8.03. The maximum Gasteiger partial charge on any atom is 0.155 e. The van der Waals surface area contributed by atoms with Crippen LogP contribution >= 0.6 is 0 Å². The first-order valence-electron chi connectivity index (χ1n) is 10.4. The van der Waals surface area contributed by atoms with Gasteiger partial charge in [0.25, 0.3) is 0 Å². The third-order valence-electron chi connectivity index (χ3n) is 5.94. The maximum absolute atomic E-state index is 4.65. The lowest BCUT2D eigenvalue weighted by atomic mass is 9.95. The summed E-state index contributed by atoms with van der Waals surface area (Å²) >= 11 is 0. The van der Waals surface area contributed by atoms with E-state index in [1.165, 1.54) is 24.2 Å². The highest BCUT2D eigenvalue weighted by atomic mass is 15.3. The molecule has 0 N–H and O–H groups in total. The molecule has 4 heterocycles. The monoisotopic (exact) mass is 380 g/mol. The molecule has 0 atom stereocenters. The van der Waals surface area contributed by atoms with Gasteiger partial charge in [-0.3, -0.25) is 14.3 Å². The predicted molar refractivity (Wildman–Crippen MR) is 105 cm³/mol. The van der Waals surface area contributed by atoms with Crippen molar-refractivity contribution in [1.29, 1.82) is 0 Å². The first-order valence-corrected chi connectivity index (χ1v) is 10.4. The van der Waals surface area contributed by atoms with Crippen LogP contribution < -0.4 is 0 Å². The van der Waals surface area contributed by atoms with Crippen LogP contribution in [-0.4, -0.2) is 52.3 Å². The van der Waals surface area contributed by atoms with Crippen molar-refractivity contribution >= 4 is 0 Å². The summed E-state index contributed by atoms with van der Waals surface area (Å²) in [5.41, 5.74) is 1.31. The molecular formula is C20H28N8. The summed E-state index contributed by atoms with van der Waals surface area (Å²) in [5.74, 6) is 2.76. The zero-order valence-electron chi connectivity index (χ0n) is 16.5. The molecule has 3 aromatic heterocycles. The quantitative estimate of drug-likeness (QED) is 0.630. The van der Waals surface area contributed by atoms with Crippen molar-refractivity contribution in [2.24, 2.45) is 0 Å². The van der Waals surface area contributed by atoms with E-state index in [9.17, 15) is 0 Å². The van der Waals surface area contributed by atoms with Crippen LogP contribution in [-0.2, 0) is 19.6 Å². The van der Waals surface area contributed by atoms with Crippen molar-refractivity contribution in [2.45, 2.75) is 64.2 Å². The van der Waals surface area contributed by atoms with Gasteiger partial charge in [-0.2, -0.15) is 10.2 Å². The number of piperidine rings is 1. The Morgan fingerprint density at radius 3 is 2.54 bits per heavy atom. The summed E-state index contributed by atoms with van der Waals surface area (Å²) in [6.07, 6.45) is 12.8. The van der Waals surface area contributed by atoms with Gasteiger partial charge in [-0.25, -0.2) is 0 Å². The lowest BCUT2D eigenvalue weighted by Gasteiger charge is -2.31. The molecule has 1 aliphatic carbocycles. The fourth-order valence-electron chi connectivity index (χ4n) is 4.26. The van der Waals surface area contributed by atoms with E-state index >= 15 is 0 Å². The molecule has 0 spiro atoms. The van der Waals surface area contributed by atoms with Crippen molar-refractivity contribution in [1.82, 2.24) is 39.2 Å². The summed E-state index contributed by atoms with van der Waals surface area (Å²) in [6, 6.07) is 2.55. The summed E-state index contributed by atoms with van der Waals surface area (Å²) in [5, 5.41) is 17.9. The minimum Gasteiger partial charge on any atom is -0.310 e. The summed E-state index contributed by atoms with van der Waals surface area (Å²) in [7, 11) is 0. The van der Waals surface area contributed by atoms with E-state index in [0.29, 0.717) is 18.5 Å². The summed E-state index contributed by atoms with van der Waals surface area (Å²) < 4.78 is 6.36. The molecule has 28 heavy (non-hydrogen) atoms. The number of nitrogens with zero attached hydrogens (tertiary/aromatic N) is 8. The topological polar surface area (TPSA) is 69.6 Å². The molecule has 0 aromatic carbocycles. The number of aryl methyl sites for hydroxylation is 1. The SMILES string of the molecule is CCn1cc(CN2CCC(c3nnc(Cn4cccn4)n3C3CC3)CC2)cn1. The fourth-order valence-corrected chi connectivity index (χ4v) is 4.26. The first kappa shape index (κ1) is 17.6. The Bertz CT molecular complexity index is 897. The van der Waals surface area contributed by atoms with E-state index in [-0.39, 0.29) is 0 Å². The van der Waals surface area contributed by atoms with Gasteiger partial charge < -0.3 is 4.57 Å². The van der Waals surface area contributed by atoms with Crippen LogP contribution in [0.25, 0.3) is 0 Å². The Balaban J connectivity index is 1.25. The number of rotatable bonds is 7. The highest BCUT2D eigenvalue weighted by molar-refractivity contribution is 5.10. The Hall–Kier alpha value is -2.48. The number of likely N-dealkylation sites (tertiary alicyclic amines) is 1. The van der Waals surface area contributed by atoms with Crippen LogP contribution in [0.2, 0.25) is 0 Å². The van der Waals surface area contributed by atoms with E-state index in [0.717, 1.165) is 44.8 Å². The Morgan fingerprint density at radius 1 is 1.00 bits per heavy atom. The lowest BCUT2D eigenvalue weighted by molar-refractivity contribution is 0.200. The molecule has 8 heteroatoms. The van der Waals surface area contributed by atoms with Gasteiger partial charge in [0.1, 0.15) is 12.4 Å². The molecule has 8 nitrogen and oxygen atoms in total. The third-order valence-corrected chi connectivity index (χ3v) is 5.94. The molecule has 2 aliphatic rings. The summed E-state index contributed by atoms with van der Waals surface area (Å²) in [4.78, 5) is 2.54. The zero-order chi connectivity index (χ0) is 18.9. The number of hydrogen-bond donors (Lipinski definition) is 0. The van der Waals surface area contributed by atoms with Crippen LogP contribution in [0.4, 0.5) is 0 Å². The first-order chi connectivity index (χ1) is 13.8. The van der Waals surface area contributed by atoms with E-state index in [1.54, 1.807) is 0 Å². The standard InChI is InChI=1S/C20H28N8/c1-2-26-14-16(12-22-26)13-25-10-6-17(7-11-25)20-24-23-19(28(20)18-4-5-18)15-27-9-3-8-21-27/h3,8-9,12,14,17-18H,2,4-7,10-11,13,15H2,1H3. The van der Waals surface area contributed by atoms with Gasteiger partial charge in [-0.1, -0.05) is 0 Å². The average Bonchev–Trinajstić information content (AvgIpc) is 3.11. The molecule has 5 rings (SSSR count). The Labute approximate surface area is 165 Å². The van der Waals surface area contributed by atoms with Crippen molar-refractivity contribution < 1.29 is 0 Å². The number of hydrogen-bond acceptors (Lipinski definition) is 5. The van der Waals surface area contributed by atoms with Crippen LogP contribution in [0, 0.1) is 0 Å². The minimum absolute atomic E-state index is 0.508. The molecule has 148 valence electrons. The van der Waals surface area contributed by atoms with Crippen LogP contribution in [0.1, 0.15) is 61.8 Å². The second-order valence-corrected chi connectivity index (χ2v) is 8.03. The molecule has 3 aromatic rings. The maximum atomic E-state index is 4.65. The fraction of sp³-hybridized carbons (Fsp3) is 0.600. The molecule has 1 aliphatic heterocycles. The molecular weight excluding hydrogens is 352 g/mol. The lowest BCUT2D eigenvalue weighted by Crippen LogP contribution is -2.33.